The van der Waals surface area contributed by atoms with Crippen LogP contribution >= 0.6 is 0 Å². The number of carbonyl (C=O) groups is 2. The van der Waals surface area contributed by atoms with Crippen LogP contribution in [0.4, 0.5) is 0 Å². The summed E-state index contributed by atoms with van der Waals surface area (Å²) in [5.41, 5.74) is 3.86. The lowest BCUT2D eigenvalue weighted by Gasteiger charge is -2.18. The Balaban J connectivity index is 1.39. The van der Waals surface area contributed by atoms with Crippen LogP contribution in [0.25, 0.3) is 11.8 Å². The zero-order valence-corrected chi connectivity index (χ0v) is 17.3. The van der Waals surface area contributed by atoms with Gasteiger partial charge < -0.3 is 14.2 Å². The number of nitrogens with zero attached hydrogens (tertiary/aromatic N) is 2. The van der Waals surface area contributed by atoms with Crippen molar-refractivity contribution in [3.05, 3.63) is 77.1 Å². The molecule has 0 atom stereocenters. The van der Waals surface area contributed by atoms with E-state index in [9.17, 15) is 9.59 Å². The van der Waals surface area contributed by atoms with Crippen molar-refractivity contribution in [2.24, 2.45) is 0 Å². The highest BCUT2D eigenvalue weighted by Crippen LogP contribution is 2.30. The summed E-state index contributed by atoms with van der Waals surface area (Å²) in [6.45, 7) is 4.37. The van der Waals surface area contributed by atoms with Crippen molar-refractivity contribution in [2.45, 2.75) is 13.8 Å². The molecule has 1 aliphatic rings. The Kier molecular flexibility index (Phi) is 5.84. The number of aromatic nitrogens is 2. The number of Topliss-reactive ketones (excluding diaryl/α,β-unsaturated/α-hetero) is 1. The topological polar surface area (TPSA) is 79.7 Å². The lowest BCUT2D eigenvalue weighted by molar-refractivity contribution is -0.136. The summed E-state index contributed by atoms with van der Waals surface area (Å²) in [6.07, 6.45) is 2.97. The van der Waals surface area contributed by atoms with Crippen molar-refractivity contribution in [1.29, 1.82) is 0 Å². The second-order valence-corrected chi connectivity index (χ2v) is 7.05. The van der Waals surface area contributed by atoms with E-state index in [1.165, 1.54) is 6.08 Å². The number of carbonyl (C=O) groups excluding carboxylic acids is 2. The first-order valence-electron chi connectivity index (χ1n) is 9.92. The normalized spacial score (nSPS) is 12.7. The molecule has 0 aliphatic carbocycles. The highest BCUT2D eigenvalue weighted by molar-refractivity contribution is 5.99. The minimum absolute atomic E-state index is 0.317. The standard InChI is InChI=1S/C24H22N2O5/c1-16-20(17(2)26(25-16)19-6-4-3-5-7-19)9-11-24(28)31-15-21(27)18-8-10-22-23(14-18)30-13-12-29-22/h3-11,14H,12-13,15H2,1-2H3. The largest absolute Gasteiger partial charge is 0.486 e. The second-order valence-electron chi connectivity index (χ2n) is 7.05. The molecule has 0 saturated carbocycles. The smallest absolute Gasteiger partial charge is 0.331 e. The maximum atomic E-state index is 12.4. The third-order valence-electron chi connectivity index (χ3n) is 4.94. The Bertz CT molecular complexity index is 1150. The van der Waals surface area contributed by atoms with Gasteiger partial charge in [-0.2, -0.15) is 5.10 Å². The van der Waals surface area contributed by atoms with Crippen LogP contribution in [0.15, 0.2) is 54.6 Å². The fourth-order valence-electron chi connectivity index (χ4n) is 3.35. The Morgan fingerprint density at radius 1 is 1.06 bits per heavy atom. The molecule has 4 rings (SSSR count). The maximum Gasteiger partial charge on any atom is 0.331 e. The molecular formula is C24H22N2O5. The molecule has 7 heteroatoms. The molecule has 7 nitrogen and oxygen atoms in total. The quantitative estimate of drug-likeness (QED) is 0.345. The molecule has 3 aromatic rings. The van der Waals surface area contributed by atoms with Gasteiger partial charge >= 0.3 is 5.97 Å². The summed E-state index contributed by atoms with van der Waals surface area (Å²) in [4.78, 5) is 24.5. The molecule has 1 aromatic heterocycles. The van der Waals surface area contributed by atoms with Gasteiger partial charge in [-0.1, -0.05) is 18.2 Å². The van der Waals surface area contributed by atoms with Gasteiger partial charge in [0.2, 0.25) is 0 Å². The molecule has 1 aliphatic heterocycles. The van der Waals surface area contributed by atoms with Gasteiger partial charge in [-0.3, -0.25) is 4.79 Å². The van der Waals surface area contributed by atoms with E-state index in [1.807, 2.05) is 48.9 Å². The van der Waals surface area contributed by atoms with Crippen LogP contribution in [-0.2, 0) is 9.53 Å². The van der Waals surface area contributed by atoms with Crippen LogP contribution < -0.4 is 9.47 Å². The summed E-state index contributed by atoms with van der Waals surface area (Å²) in [5.74, 6) is 0.203. The first kappa shape index (κ1) is 20.4. The SMILES string of the molecule is Cc1nn(-c2ccccc2)c(C)c1C=CC(=O)OCC(=O)c1ccc2c(c1)OCCO2. The number of para-hydroxylation sites is 1. The van der Waals surface area contributed by atoms with E-state index in [0.717, 1.165) is 22.6 Å². The Morgan fingerprint density at radius 2 is 1.81 bits per heavy atom. The predicted octanol–water partition coefficient (Wildman–Crippen LogP) is 3.70. The lowest BCUT2D eigenvalue weighted by atomic mass is 10.1. The maximum absolute atomic E-state index is 12.4. The lowest BCUT2D eigenvalue weighted by Crippen LogP contribution is -2.17. The molecule has 2 aromatic carbocycles. The fraction of sp³-hybridized carbons (Fsp3) is 0.208. The third kappa shape index (κ3) is 4.50. The van der Waals surface area contributed by atoms with Gasteiger partial charge in [0.05, 0.1) is 11.4 Å². The third-order valence-corrected chi connectivity index (χ3v) is 4.94. The van der Waals surface area contributed by atoms with Crippen LogP contribution in [0.5, 0.6) is 11.5 Å². The van der Waals surface area contributed by atoms with E-state index in [0.29, 0.717) is 30.3 Å². The summed E-state index contributed by atoms with van der Waals surface area (Å²) in [7, 11) is 0. The van der Waals surface area contributed by atoms with Gasteiger partial charge in [0.15, 0.2) is 23.9 Å². The van der Waals surface area contributed by atoms with Gasteiger partial charge in [0, 0.05) is 22.9 Å². The number of fused-ring (bicyclic) bond motifs is 1. The van der Waals surface area contributed by atoms with Gasteiger partial charge in [-0.05, 0) is 50.3 Å². The van der Waals surface area contributed by atoms with E-state index >= 15 is 0 Å². The van der Waals surface area contributed by atoms with E-state index in [-0.39, 0.29) is 12.4 Å². The van der Waals surface area contributed by atoms with E-state index in [1.54, 1.807) is 24.3 Å². The molecule has 0 bridgehead atoms. The predicted molar refractivity (Wildman–Crippen MR) is 115 cm³/mol. The van der Waals surface area contributed by atoms with Crippen molar-refractivity contribution in [3.8, 4) is 17.2 Å². The Hall–Kier alpha value is -3.87. The van der Waals surface area contributed by atoms with Gasteiger partial charge in [0.1, 0.15) is 13.2 Å². The number of aryl methyl sites for hydroxylation is 1. The van der Waals surface area contributed by atoms with Crippen LogP contribution in [0, 0.1) is 13.8 Å². The van der Waals surface area contributed by atoms with Gasteiger partial charge in [-0.25, -0.2) is 9.48 Å². The summed E-state index contributed by atoms with van der Waals surface area (Å²) in [5, 5.41) is 4.54. The van der Waals surface area contributed by atoms with Gasteiger partial charge in [0.25, 0.3) is 0 Å². The first-order valence-corrected chi connectivity index (χ1v) is 9.92. The van der Waals surface area contributed by atoms with Crippen molar-refractivity contribution >= 4 is 17.8 Å². The first-order chi connectivity index (χ1) is 15.0. The number of ketones is 1. The van der Waals surface area contributed by atoms with Crippen molar-refractivity contribution < 1.29 is 23.8 Å². The molecule has 0 radical (unpaired) electrons. The molecule has 0 spiro atoms. The molecular weight excluding hydrogens is 396 g/mol. The number of hydrogen-bond donors (Lipinski definition) is 0. The molecule has 31 heavy (non-hydrogen) atoms. The van der Waals surface area contributed by atoms with E-state index < -0.39 is 5.97 Å². The Morgan fingerprint density at radius 3 is 2.58 bits per heavy atom. The number of benzene rings is 2. The number of ether oxygens (including phenoxy) is 3. The molecule has 0 unspecified atom stereocenters. The average Bonchev–Trinajstić information content (AvgIpc) is 3.09. The molecule has 2 heterocycles. The van der Waals surface area contributed by atoms with Crippen molar-refractivity contribution in [1.82, 2.24) is 9.78 Å². The second kappa shape index (κ2) is 8.87. The van der Waals surface area contributed by atoms with E-state index in [2.05, 4.69) is 5.10 Å². The molecule has 0 amide bonds. The number of rotatable bonds is 6. The van der Waals surface area contributed by atoms with Crippen LogP contribution in [0.2, 0.25) is 0 Å². The molecule has 0 saturated heterocycles. The number of hydrogen-bond acceptors (Lipinski definition) is 6. The summed E-state index contributed by atoms with van der Waals surface area (Å²) in [6, 6.07) is 14.7. The molecule has 0 N–H and O–H groups in total. The minimum atomic E-state index is -0.600. The zero-order chi connectivity index (χ0) is 21.8. The zero-order valence-electron chi connectivity index (χ0n) is 17.3. The van der Waals surface area contributed by atoms with E-state index in [4.69, 9.17) is 14.2 Å². The average molecular weight is 418 g/mol. The highest BCUT2D eigenvalue weighted by atomic mass is 16.6. The summed E-state index contributed by atoms with van der Waals surface area (Å²) >= 11 is 0. The van der Waals surface area contributed by atoms with Crippen molar-refractivity contribution in [3.63, 3.8) is 0 Å². The van der Waals surface area contributed by atoms with Gasteiger partial charge in [-0.15, -0.1) is 0 Å². The monoisotopic (exact) mass is 418 g/mol. The molecule has 158 valence electrons. The summed E-state index contributed by atoms with van der Waals surface area (Å²) < 4.78 is 17.9. The van der Waals surface area contributed by atoms with Crippen molar-refractivity contribution in [2.75, 3.05) is 19.8 Å². The fourth-order valence-corrected chi connectivity index (χ4v) is 3.35. The van der Waals surface area contributed by atoms with Crippen LogP contribution in [-0.4, -0.2) is 41.4 Å². The number of esters is 1. The minimum Gasteiger partial charge on any atom is -0.486 e. The van der Waals surface area contributed by atoms with Crippen LogP contribution in [0.3, 0.4) is 0 Å². The Labute approximate surface area is 179 Å². The molecule has 0 fully saturated rings. The van der Waals surface area contributed by atoms with Crippen LogP contribution in [0.1, 0.15) is 27.3 Å². The highest BCUT2D eigenvalue weighted by Gasteiger charge is 2.16.